The molecule has 1 aromatic carbocycles. The first kappa shape index (κ1) is 12.9. The van der Waals surface area contributed by atoms with Gasteiger partial charge in [0, 0.05) is 12.2 Å². The number of nitrogens with zero attached hydrogens (tertiary/aromatic N) is 1. The van der Waals surface area contributed by atoms with Gasteiger partial charge in [-0.3, -0.25) is 4.99 Å². The first-order valence-corrected chi connectivity index (χ1v) is 6.86. The minimum Gasteiger partial charge on any atom is -0.370 e. The third-order valence-electron chi connectivity index (χ3n) is 4.05. The van der Waals surface area contributed by atoms with Gasteiger partial charge in [-0.25, -0.2) is 0 Å². The third kappa shape index (κ3) is 3.25. The molecule has 1 aliphatic carbocycles. The molecule has 0 unspecified atom stereocenters. The molecule has 0 aliphatic heterocycles. The van der Waals surface area contributed by atoms with Crippen LogP contribution in [0.2, 0.25) is 0 Å². The van der Waals surface area contributed by atoms with E-state index in [2.05, 4.69) is 17.2 Å². The largest absolute Gasteiger partial charge is 0.370 e. The summed E-state index contributed by atoms with van der Waals surface area (Å²) in [6, 6.07) is 9.95. The van der Waals surface area contributed by atoms with Crippen LogP contribution >= 0.6 is 0 Å². The van der Waals surface area contributed by atoms with E-state index in [9.17, 15) is 0 Å². The molecule has 1 fully saturated rings. The van der Waals surface area contributed by atoms with Crippen LogP contribution in [0, 0.1) is 5.41 Å². The summed E-state index contributed by atoms with van der Waals surface area (Å²) in [4.78, 5) is 4.53. The molecule has 0 heterocycles. The summed E-state index contributed by atoms with van der Waals surface area (Å²) in [7, 11) is 0. The lowest BCUT2D eigenvalue weighted by Crippen LogP contribution is -2.26. The average Bonchev–Trinajstić information content (AvgIpc) is 2.87. The molecular formula is C15H23N3. The maximum absolute atomic E-state index is 5.94. The Kier molecular flexibility index (Phi) is 4.24. The van der Waals surface area contributed by atoms with E-state index in [-0.39, 0.29) is 0 Å². The molecule has 98 valence electrons. The van der Waals surface area contributed by atoms with Gasteiger partial charge in [0.25, 0.3) is 0 Å². The number of para-hydroxylation sites is 1. The van der Waals surface area contributed by atoms with Crippen LogP contribution in [0.1, 0.15) is 39.0 Å². The number of anilines is 1. The van der Waals surface area contributed by atoms with Crippen molar-refractivity contribution in [3.8, 4) is 0 Å². The molecular weight excluding hydrogens is 222 g/mol. The zero-order chi connectivity index (χ0) is 12.8. The molecule has 0 saturated heterocycles. The van der Waals surface area contributed by atoms with Crippen molar-refractivity contribution in [1.82, 2.24) is 0 Å². The predicted octanol–water partition coefficient (Wildman–Crippen LogP) is 3.38. The molecule has 18 heavy (non-hydrogen) atoms. The lowest BCUT2D eigenvalue weighted by molar-refractivity contribution is 0.297. The van der Waals surface area contributed by atoms with E-state index in [0.29, 0.717) is 11.4 Å². The van der Waals surface area contributed by atoms with Gasteiger partial charge in [0.15, 0.2) is 5.96 Å². The lowest BCUT2D eigenvalue weighted by atomic mass is 9.84. The highest BCUT2D eigenvalue weighted by atomic mass is 15.1. The molecule has 0 bridgehead atoms. The van der Waals surface area contributed by atoms with Crippen molar-refractivity contribution in [2.45, 2.75) is 39.0 Å². The summed E-state index contributed by atoms with van der Waals surface area (Å²) >= 11 is 0. The van der Waals surface area contributed by atoms with Crippen LogP contribution in [0.25, 0.3) is 0 Å². The zero-order valence-electron chi connectivity index (χ0n) is 11.2. The second-order valence-corrected chi connectivity index (χ2v) is 5.25. The molecule has 2 rings (SSSR count). The second kappa shape index (κ2) is 5.89. The third-order valence-corrected chi connectivity index (χ3v) is 4.05. The Morgan fingerprint density at radius 3 is 2.56 bits per heavy atom. The van der Waals surface area contributed by atoms with Gasteiger partial charge < -0.3 is 11.1 Å². The number of aliphatic imine (C=N–C) groups is 1. The number of guanidine groups is 1. The fraction of sp³-hybridized carbons (Fsp3) is 0.533. The highest BCUT2D eigenvalue weighted by Gasteiger charge is 2.31. The molecule has 0 spiro atoms. The second-order valence-electron chi connectivity index (χ2n) is 5.25. The molecule has 1 aromatic rings. The van der Waals surface area contributed by atoms with Crippen LogP contribution < -0.4 is 11.1 Å². The number of nitrogens with two attached hydrogens (primary N) is 1. The van der Waals surface area contributed by atoms with Gasteiger partial charge in [0.05, 0.1) is 0 Å². The van der Waals surface area contributed by atoms with E-state index in [0.717, 1.165) is 12.2 Å². The van der Waals surface area contributed by atoms with Crippen molar-refractivity contribution in [3.05, 3.63) is 30.3 Å². The topological polar surface area (TPSA) is 50.4 Å². The summed E-state index contributed by atoms with van der Waals surface area (Å²) in [5, 5.41) is 3.13. The van der Waals surface area contributed by atoms with Gasteiger partial charge in [0.2, 0.25) is 0 Å². The molecule has 0 aromatic heterocycles. The quantitative estimate of drug-likeness (QED) is 0.631. The van der Waals surface area contributed by atoms with E-state index < -0.39 is 0 Å². The van der Waals surface area contributed by atoms with E-state index in [1.54, 1.807) is 0 Å². The molecule has 0 amide bonds. The molecule has 0 atom stereocenters. The summed E-state index contributed by atoms with van der Waals surface area (Å²) in [6.45, 7) is 3.12. The summed E-state index contributed by atoms with van der Waals surface area (Å²) in [5.74, 6) is 0.529. The van der Waals surface area contributed by atoms with Crippen molar-refractivity contribution in [1.29, 1.82) is 0 Å². The number of nitrogens with one attached hydrogen (secondary N) is 1. The lowest BCUT2D eigenvalue weighted by Gasteiger charge is -2.25. The number of benzene rings is 1. The highest BCUT2D eigenvalue weighted by molar-refractivity contribution is 5.92. The van der Waals surface area contributed by atoms with E-state index in [1.165, 1.54) is 32.1 Å². The fourth-order valence-corrected chi connectivity index (χ4v) is 2.71. The van der Waals surface area contributed by atoms with Gasteiger partial charge in [-0.15, -0.1) is 0 Å². The van der Waals surface area contributed by atoms with E-state index in [4.69, 9.17) is 5.73 Å². The Labute approximate surface area is 109 Å². The van der Waals surface area contributed by atoms with Crippen molar-refractivity contribution < 1.29 is 0 Å². The van der Waals surface area contributed by atoms with E-state index in [1.807, 2.05) is 30.3 Å². The maximum Gasteiger partial charge on any atom is 0.193 e. The molecule has 1 aliphatic rings. The number of hydrogen-bond acceptors (Lipinski definition) is 1. The van der Waals surface area contributed by atoms with Crippen molar-refractivity contribution in [3.63, 3.8) is 0 Å². The van der Waals surface area contributed by atoms with Crippen molar-refractivity contribution in [2.24, 2.45) is 16.1 Å². The predicted molar refractivity (Wildman–Crippen MR) is 77.7 cm³/mol. The van der Waals surface area contributed by atoms with Crippen LogP contribution in [0.15, 0.2) is 35.3 Å². The summed E-state index contributed by atoms with van der Waals surface area (Å²) < 4.78 is 0. The Morgan fingerprint density at radius 1 is 1.28 bits per heavy atom. The number of rotatable bonds is 4. The first-order valence-electron chi connectivity index (χ1n) is 6.86. The smallest absolute Gasteiger partial charge is 0.193 e. The standard InChI is InChI=1S/C15H23N3/c1-2-15(10-6-7-11-15)12-17-14(16)18-13-8-4-3-5-9-13/h3-5,8-9H,2,6-7,10-12H2,1H3,(H3,16,17,18). The van der Waals surface area contributed by atoms with Crippen molar-refractivity contribution >= 4 is 11.6 Å². The molecule has 3 N–H and O–H groups in total. The molecule has 3 heteroatoms. The Morgan fingerprint density at radius 2 is 1.94 bits per heavy atom. The molecule has 1 saturated carbocycles. The SMILES string of the molecule is CCC1(CN=C(N)Nc2ccccc2)CCCC1. The average molecular weight is 245 g/mol. The van der Waals surface area contributed by atoms with Gasteiger partial charge in [-0.1, -0.05) is 38.0 Å². The molecule has 0 radical (unpaired) electrons. The van der Waals surface area contributed by atoms with Gasteiger partial charge >= 0.3 is 0 Å². The van der Waals surface area contributed by atoms with Crippen LogP contribution in [-0.4, -0.2) is 12.5 Å². The normalized spacial score (nSPS) is 18.8. The van der Waals surface area contributed by atoms with Crippen LogP contribution in [0.5, 0.6) is 0 Å². The number of hydrogen-bond donors (Lipinski definition) is 2. The Balaban J connectivity index is 1.92. The summed E-state index contributed by atoms with van der Waals surface area (Å²) in [6.07, 6.45) is 6.48. The monoisotopic (exact) mass is 245 g/mol. The summed E-state index contributed by atoms with van der Waals surface area (Å²) in [5.41, 5.74) is 7.34. The van der Waals surface area contributed by atoms with Crippen LogP contribution in [-0.2, 0) is 0 Å². The van der Waals surface area contributed by atoms with Gasteiger partial charge in [-0.05, 0) is 36.8 Å². The first-order chi connectivity index (χ1) is 8.74. The van der Waals surface area contributed by atoms with Crippen molar-refractivity contribution in [2.75, 3.05) is 11.9 Å². The Bertz CT molecular complexity index is 391. The maximum atomic E-state index is 5.94. The minimum absolute atomic E-state index is 0.406. The van der Waals surface area contributed by atoms with Crippen LogP contribution in [0.4, 0.5) is 5.69 Å². The fourth-order valence-electron chi connectivity index (χ4n) is 2.71. The molecule has 3 nitrogen and oxygen atoms in total. The zero-order valence-corrected chi connectivity index (χ0v) is 11.2. The van der Waals surface area contributed by atoms with Crippen LogP contribution in [0.3, 0.4) is 0 Å². The Hall–Kier alpha value is -1.51. The van der Waals surface area contributed by atoms with E-state index >= 15 is 0 Å². The van der Waals surface area contributed by atoms with Gasteiger partial charge in [-0.2, -0.15) is 0 Å². The van der Waals surface area contributed by atoms with Gasteiger partial charge in [0.1, 0.15) is 0 Å². The highest BCUT2D eigenvalue weighted by Crippen LogP contribution is 2.41. The minimum atomic E-state index is 0.406.